The van der Waals surface area contributed by atoms with Crippen molar-refractivity contribution in [2.75, 3.05) is 17.0 Å². The zero-order valence-corrected chi connectivity index (χ0v) is 11.3. The molecule has 0 aliphatic rings. The van der Waals surface area contributed by atoms with Crippen LogP contribution in [0.2, 0.25) is 0 Å². The third-order valence-electron chi connectivity index (χ3n) is 2.36. The summed E-state index contributed by atoms with van der Waals surface area (Å²) in [6.07, 6.45) is 0. The average Bonchev–Trinajstić information content (AvgIpc) is 2.89. The van der Waals surface area contributed by atoms with Gasteiger partial charge in [0.05, 0.1) is 11.4 Å². The molecule has 0 saturated carbocycles. The smallest absolute Gasteiger partial charge is 0.258 e. The van der Waals surface area contributed by atoms with Gasteiger partial charge in [-0.25, -0.2) is 15.2 Å². The lowest BCUT2D eigenvalue weighted by Gasteiger charge is -2.03. The van der Waals surface area contributed by atoms with E-state index >= 15 is 0 Å². The number of thioether (sulfide) groups is 1. The minimum absolute atomic E-state index is 0.152. The maximum atomic E-state index is 12.0. The van der Waals surface area contributed by atoms with Crippen LogP contribution in [0.3, 0.4) is 0 Å². The molecule has 0 atom stereocenters. The van der Waals surface area contributed by atoms with E-state index in [9.17, 15) is 4.79 Å². The Morgan fingerprint density at radius 3 is 2.74 bits per heavy atom. The lowest BCUT2D eigenvalue weighted by atomic mass is 10.4. The number of carbonyl (C=O) groups excluding carboxylic acids is 1. The summed E-state index contributed by atoms with van der Waals surface area (Å²) in [4.78, 5) is 12.0. The van der Waals surface area contributed by atoms with Crippen molar-refractivity contribution < 1.29 is 4.79 Å². The zero-order chi connectivity index (χ0) is 14.0. The third-order valence-corrected chi connectivity index (χ3v) is 3.29. The van der Waals surface area contributed by atoms with Gasteiger partial charge >= 0.3 is 0 Å². The normalized spacial score (nSPS) is 10.7. The minimum atomic E-state index is -0.152. The summed E-state index contributed by atoms with van der Waals surface area (Å²) in [6.45, 7) is 3.66. The summed E-state index contributed by atoms with van der Waals surface area (Å²) in [5.41, 5.74) is 3.89. The summed E-state index contributed by atoms with van der Waals surface area (Å²) in [6, 6.07) is 1.84. The third kappa shape index (κ3) is 2.69. The predicted octanol–water partition coefficient (Wildman–Crippen LogP) is -0.477. The molecule has 9 nitrogen and oxygen atoms in total. The van der Waals surface area contributed by atoms with Crippen molar-refractivity contribution in [1.82, 2.24) is 24.7 Å². The van der Waals surface area contributed by atoms with E-state index in [0.717, 1.165) is 23.1 Å². The van der Waals surface area contributed by atoms with E-state index in [0.29, 0.717) is 5.16 Å². The molecule has 2 heterocycles. The van der Waals surface area contributed by atoms with Crippen LogP contribution >= 0.6 is 11.8 Å². The minimum Gasteiger partial charge on any atom is -0.334 e. The molecule has 102 valence electrons. The van der Waals surface area contributed by atoms with Gasteiger partial charge in [0, 0.05) is 5.69 Å². The predicted molar refractivity (Wildman–Crippen MR) is 71.0 cm³/mol. The van der Waals surface area contributed by atoms with Crippen molar-refractivity contribution >= 4 is 23.6 Å². The van der Waals surface area contributed by atoms with E-state index in [2.05, 4.69) is 20.7 Å². The Morgan fingerprint density at radius 2 is 2.21 bits per heavy atom. The Balaban J connectivity index is 2.04. The van der Waals surface area contributed by atoms with Gasteiger partial charge in [0.25, 0.3) is 11.9 Å². The lowest BCUT2D eigenvalue weighted by molar-refractivity contribution is 0.0924. The van der Waals surface area contributed by atoms with Crippen LogP contribution in [-0.2, 0) is 0 Å². The number of hydrazine groups is 1. The van der Waals surface area contributed by atoms with E-state index < -0.39 is 0 Å². The number of nitrogens with two attached hydrogens (primary N) is 2. The topological polar surface area (TPSA) is 130 Å². The van der Waals surface area contributed by atoms with Crippen LogP contribution < -0.4 is 17.1 Å². The number of aryl methyl sites for hydroxylation is 2. The highest BCUT2D eigenvalue weighted by molar-refractivity contribution is 7.99. The number of nitrogens with zero attached hydrogens (tertiary/aromatic N) is 5. The fourth-order valence-electron chi connectivity index (χ4n) is 1.54. The Labute approximate surface area is 113 Å². The van der Waals surface area contributed by atoms with Crippen molar-refractivity contribution in [2.24, 2.45) is 5.84 Å². The molecule has 2 rings (SSSR count). The summed E-state index contributed by atoms with van der Waals surface area (Å²) in [5, 5.41) is 12.0. The number of aromatic nitrogens is 5. The molecular formula is C9H14N8OS. The molecule has 10 heteroatoms. The number of hydrogen-bond donors (Lipinski definition) is 3. The molecule has 0 spiro atoms. The Bertz CT molecular complexity index is 603. The maximum absolute atomic E-state index is 12.0. The van der Waals surface area contributed by atoms with E-state index in [1.807, 2.05) is 19.9 Å². The van der Waals surface area contributed by atoms with Gasteiger partial charge < -0.3 is 5.84 Å². The zero-order valence-electron chi connectivity index (χ0n) is 10.5. The van der Waals surface area contributed by atoms with Gasteiger partial charge in [0.2, 0.25) is 5.16 Å². The second kappa shape index (κ2) is 5.28. The molecule has 0 aliphatic carbocycles. The standard InChI is InChI=1S/C9H14N8OS/c1-5-3-6(2)17(15-5)7(18)4-19-9-14-13-8(12-10)16(9)11/h3H,4,10-11H2,1-2H3,(H,12,13). The second-order valence-corrected chi connectivity index (χ2v) is 4.78. The molecule has 0 aromatic carbocycles. The number of hydrogen-bond acceptors (Lipinski definition) is 8. The highest BCUT2D eigenvalue weighted by atomic mass is 32.2. The van der Waals surface area contributed by atoms with Gasteiger partial charge in [-0.2, -0.15) is 5.10 Å². The fraction of sp³-hybridized carbons (Fsp3) is 0.333. The molecule has 5 N–H and O–H groups in total. The maximum Gasteiger partial charge on any atom is 0.258 e. The summed E-state index contributed by atoms with van der Waals surface area (Å²) >= 11 is 1.16. The SMILES string of the molecule is Cc1cc(C)n(C(=O)CSc2nnc(NN)n2N)n1. The molecule has 0 saturated heterocycles. The van der Waals surface area contributed by atoms with Crippen LogP contribution in [0, 0.1) is 13.8 Å². The van der Waals surface area contributed by atoms with Gasteiger partial charge in [0.15, 0.2) is 0 Å². The van der Waals surface area contributed by atoms with Crippen molar-refractivity contribution in [3.63, 3.8) is 0 Å². The highest BCUT2D eigenvalue weighted by Gasteiger charge is 2.14. The van der Waals surface area contributed by atoms with Crippen molar-refractivity contribution in [3.05, 3.63) is 17.5 Å². The number of rotatable bonds is 4. The monoisotopic (exact) mass is 282 g/mol. The van der Waals surface area contributed by atoms with Gasteiger partial charge in [-0.05, 0) is 19.9 Å². The van der Waals surface area contributed by atoms with Crippen LogP contribution in [0.15, 0.2) is 11.2 Å². The molecule has 0 unspecified atom stereocenters. The average molecular weight is 282 g/mol. The first kappa shape index (κ1) is 13.4. The second-order valence-electron chi connectivity index (χ2n) is 3.84. The van der Waals surface area contributed by atoms with Crippen LogP contribution in [0.4, 0.5) is 5.95 Å². The molecule has 0 aliphatic heterocycles. The largest absolute Gasteiger partial charge is 0.334 e. The molecule has 0 radical (unpaired) electrons. The number of nitrogens with one attached hydrogen (secondary N) is 1. The van der Waals surface area contributed by atoms with Crippen molar-refractivity contribution in [3.8, 4) is 0 Å². The van der Waals surface area contributed by atoms with Crippen LogP contribution in [-0.4, -0.2) is 36.3 Å². The van der Waals surface area contributed by atoms with Crippen LogP contribution in [0.1, 0.15) is 16.2 Å². The lowest BCUT2D eigenvalue weighted by Crippen LogP contribution is -2.20. The van der Waals surface area contributed by atoms with Crippen LogP contribution in [0.25, 0.3) is 0 Å². The van der Waals surface area contributed by atoms with Gasteiger partial charge in [-0.15, -0.1) is 10.2 Å². The van der Waals surface area contributed by atoms with Gasteiger partial charge in [-0.3, -0.25) is 10.2 Å². The first-order valence-electron chi connectivity index (χ1n) is 5.39. The van der Waals surface area contributed by atoms with Gasteiger partial charge in [-0.1, -0.05) is 11.8 Å². The number of anilines is 1. The van der Waals surface area contributed by atoms with Crippen molar-refractivity contribution in [2.45, 2.75) is 19.0 Å². The molecular weight excluding hydrogens is 268 g/mol. The highest BCUT2D eigenvalue weighted by Crippen LogP contribution is 2.16. The Morgan fingerprint density at radius 1 is 1.47 bits per heavy atom. The summed E-state index contributed by atoms with van der Waals surface area (Å²) < 4.78 is 2.54. The van der Waals surface area contributed by atoms with E-state index in [4.69, 9.17) is 11.7 Å². The molecule has 0 fully saturated rings. The van der Waals surface area contributed by atoms with Crippen LogP contribution in [0.5, 0.6) is 0 Å². The number of carbonyl (C=O) groups is 1. The van der Waals surface area contributed by atoms with E-state index in [1.54, 1.807) is 0 Å². The molecule has 0 amide bonds. The molecule has 19 heavy (non-hydrogen) atoms. The first-order valence-corrected chi connectivity index (χ1v) is 6.38. The Hall–Kier alpha value is -2.07. The number of nitrogen functional groups attached to an aromatic ring is 2. The summed E-state index contributed by atoms with van der Waals surface area (Å²) in [7, 11) is 0. The van der Waals surface area contributed by atoms with Crippen molar-refractivity contribution in [1.29, 1.82) is 0 Å². The quantitative estimate of drug-likeness (QED) is 0.389. The summed E-state index contributed by atoms with van der Waals surface area (Å²) in [5.74, 6) is 11.1. The van der Waals surface area contributed by atoms with Gasteiger partial charge in [0.1, 0.15) is 0 Å². The first-order chi connectivity index (χ1) is 9.02. The molecule has 2 aromatic heterocycles. The molecule has 2 aromatic rings. The Kier molecular flexibility index (Phi) is 3.71. The fourth-order valence-corrected chi connectivity index (χ4v) is 2.24. The van der Waals surface area contributed by atoms with E-state index in [-0.39, 0.29) is 17.6 Å². The molecule has 0 bridgehead atoms. The van der Waals surface area contributed by atoms with E-state index in [1.165, 1.54) is 9.36 Å².